The molecule has 0 saturated heterocycles. The maximum atomic E-state index is 12.3. The lowest BCUT2D eigenvalue weighted by Gasteiger charge is -2.26. The predicted octanol–water partition coefficient (Wildman–Crippen LogP) is 3.72. The van der Waals surface area contributed by atoms with Gasteiger partial charge in [-0.05, 0) is 50.5 Å². The van der Waals surface area contributed by atoms with Crippen LogP contribution in [0.4, 0.5) is 11.4 Å². The summed E-state index contributed by atoms with van der Waals surface area (Å²) in [6, 6.07) is 11.4. The van der Waals surface area contributed by atoms with E-state index in [4.69, 9.17) is 0 Å². The van der Waals surface area contributed by atoms with E-state index in [9.17, 15) is 13.2 Å². The molecule has 0 spiro atoms. The van der Waals surface area contributed by atoms with E-state index in [1.54, 1.807) is 0 Å². The van der Waals surface area contributed by atoms with Crippen LogP contribution >= 0.6 is 0 Å². The summed E-state index contributed by atoms with van der Waals surface area (Å²) in [5.74, 6) is -0.213. The number of amides is 1. The molecule has 0 aliphatic heterocycles. The predicted molar refractivity (Wildman–Crippen MR) is 107 cm³/mol. The number of sulfonamides is 1. The van der Waals surface area contributed by atoms with Crippen LogP contribution in [0.2, 0.25) is 0 Å². The molecule has 2 aromatic rings. The Kier molecular flexibility index (Phi) is 6.08. The fraction of sp³-hybridized carbons (Fsp3) is 0.350. The van der Waals surface area contributed by atoms with Gasteiger partial charge in [0.1, 0.15) is 0 Å². The van der Waals surface area contributed by atoms with Crippen LogP contribution in [0.1, 0.15) is 28.7 Å². The molecule has 0 aliphatic rings. The van der Waals surface area contributed by atoms with E-state index in [0.29, 0.717) is 5.69 Å². The second-order valence-electron chi connectivity index (χ2n) is 6.70. The number of benzene rings is 2. The van der Waals surface area contributed by atoms with Crippen molar-refractivity contribution in [2.45, 2.75) is 34.1 Å². The zero-order chi connectivity index (χ0) is 19.5. The molecule has 1 N–H and O–H groups in total. The quantitative estimate of drug-likeness (QED) is 0.838. The van der Waals surface area contributed by atoms with Crippen molar-refractivity contribution >= 4 is 27.3 Å². The Hall–Kier alpha value is -2.34. The van der Waals surface area contributed by atoms with Gasteiger partial charge in [0.25, 0.3) is 0 Å². The minimum atomic E-state index is -3.50. The molecule has 6 heteroatoms. The van der Waals surface area contributed by atoms with Crippen LogP contribution in [0, 0.1) is 27.7 Å². The Morgan fingerprint density at radius 3 is 2.12 bits per heavy atom. The van der Waals surface area contributed by atoms with Crippen molar-refractivity contribution in [2.75, 3.05) is 22.4 Å². The van der Waals surface area contributed by atoms with E-state index < -0.39 is 10.0 Å². The van der Waals surface area contributed by atoms with Gasteiger partial charge >= 0.3 is 0 Å². The molecule has 1 amide bonds. The maximum absolute atomic E-state index is 12.3. The zero-order valence-corrected chi connectivity index (χ0v) is 16.8. The minimum Gasteiger partial charge on any atom is -0.326 e. The lowest BCUT2D eigenvalue weighted by atomic mass is 10.1. The first-order chi connectivity index (χ1) is 12.1. The van der Waals surface area contributed by atoms with Crippen molar-refractivity contribution in [1.82, 2.24) is 0 Å². The Morgan fingerprint density at radius 2 is 1.58 bits per heavy atom. The molecule has 0 aliphatic carbocycles. The number of nitrogens with zero attached hydrogens (tertiary/aromatic N) is 1. The molecule has 140 valence electrons. The third-order valence-electron chi connectivity index (χ3n) is 4.25. The highest BCUT2D eigenvalue weighted by molar-refractivity contribution is 7.92. The Balaban J connectivity index is 2.20. The third-order valence-corrected chi connectivity index (χ3v) is 5.41. The van der Waals surface area contributed by atoms with Gasteiger partial charge in [0.2, 0.25) is 15.9 Å². The molecule has 0 bridgehead atoms. The smallest absolute Gasteiger partial charge is 0.232 e. The fourth-order valence-electron chi connectivity index (χ4n) is 3.14. The molecule has 0 unspecified atom stereocenters. The van der Waals surface area contributed by atoms with Crippen LogP contribution < -0.4 is 9.62 Å². The maximum Gasteiger partial charge on any atom is 0.232 e. The standard InChI is InChI=1S/C20H26N2O3S/c1-14-12-16(3)20(17(4)13-14)22(26(5,24)25)11-10-19(23)21-18-9-7-6-8-15(18)2/h6-9,12-13H,10-11H2,1-5H3,(H,21,23). The first kappa shape index (κ1) is 20.0. The average Bonchev–Trinajstić information content (AvgIpc) is 2.50. The van der Waals surface area contributed by atoms with Crippen LogP contribution in [0.15, 0.2) is 36.4 Å². The number of carbonyl (C=O) groups is 1. The Morgan fingerprint density at radius 1 is 1.00 bits per heavy atom. The molecule has 2 aromatic carbocycles. The Labute approximate surface area is 156 Å². The van der Waals surface area contributed by atoms with E-state index in [2.05, 4.69) is 5.32 Å². The largest absolute Gasteiger partial charge is 0.326 e. The summed E-state index contributed by atoms with van der Waals surface area (Å²) < 4.78 is 26.0. The van der Waals surface area contributed by atoms with Crippen LogP contribution in [0.25, 0.3) is 0 Å². The number of hydrogen-bond donors (Lipinski definition) is 1. The lowest BCUT2D eigenvalue weighted by Crippen LogP contribution is -2.34. The van der Waals surface area contributed by atoms with Crippen molar-refractivity contribution in [3.63, 3.8) is 0 Å². The number of carbonyl (C=O) groups excluding carboxylic acids is 1. The van der Waals surface area contributed by atoms with Crippen molar-refractivity contribution in [3.8, 4) is 0 Å². The van der Waals surface area contributed by atoms with E-state index in [1.807, 2.05) is 64.1 Å². The molecular formula is C20H26N2O3S. The van der Waals surface area contributed by atoms with E-state index in [0.717, 1.165) is 27.9 Å². The van der Waals surface area contributed by atoms with Gasteiger partial charge in [-0.3, -0.25) is 9.10 Å². The summed E-state index contributed by atoms with van der Waals surface area (Å²) in [6.07, 6.45) is 1.25. The second kappa shape index (κ2) is 7.91. The summed E-state index contributed by atoms with van der Waals surface area (Å²) in [6.45, 7) is 7.77. The zero-order valence-electron chi connectivity index (χ0n) is 16.0. The highest BCUT2D eigenvalue weighted by Crippen LogP contribution is 2.28. The molecule has 0 aromatic heterocycles. The first-order valence-corrected chi connectivity index (χ1v) is 10.4. The van der Waals surface area contributed by atoms with Gasteiger partial charge in [-0.1, -0.05) is 35.9 Å². The van der Waals surface area contributed by atoms with Crippen molar-refractivity contribution in [3.05, 3.63) is 58.7 Å². The van der Waals surface area contributed by atoms with Gasteiger partial charge in [-0.25, -0.2) is 8.42 Å². The number of nitrogens with one attached hydrogen (secondary N) is 1. The summed E-state index contributed by atoms with van der Waals surface area (Å²) in [5, 5.41) is 2.85. The van der Waals surface area contributed by atoms with Gasteiger partial charge in [-0.2, -0.15) is 0 Å². The van der Waals surface area contributed by atoms with Gasteiger partial charge in [0.05, 0.1) is 11.9 Å². The summed E-state index contributed by atoms with van der Waals surface area (Å²) in [4.78, 5) is 12.3. The molecule has 5 nitrogen and oxygen atoms in total. The highest BCUT2D eigenvalue weighted by Gasteiger charge is 2.22. The molecule has 0 radical (unpaired) electrons. The van der Waals surface area contributed by atoms with Crippen molar-refractivity contribution in [2.24, 2.45) is 0 Å². The second-order valence-corrected chi connectivity index (χ2v) is 8.60. The number of para-hydroxylation sites is 1. The molecule has 0 atom stereocenters. The van der Waals surface area contributed by atoms with E-state index in [-0.39, 0.29) is 18.9 Å². The third kappa shape index (κ3) is 4.85. The number of hydrogen-bond acceptors (Lipinski definition) is 3. The minimum absolute atomic E-state index is 0.0775. The highest BCUT2D eigenvalue weighted by atomic mass is 32.2. The SMILES string of the molecule is Cc1cc(C)c(N(CCC(=O)Nc2ccccc2C)S(C)(=O)=O)c(C)c1. The molecule has 26 heavy (non-hydrogen) atoms. The van der Waals surface area contributed by atoms with Crippen LogP contribution in [-0.2, 0) is 14.8 Å². The lowest BCUT2D eigenvalue weighted by molar-refractivity contribution is -0.116. The number of aryl methyl sites for hydroxylation is 4. The van der Waals surface area contributed by atoms with Crippen molar-refractivity contribution in [1.29, 1.82) is 0 Å². The van der Waals surface area contributed by atoms with E-state index in [1.165, 1.54) is 10.6 Å². The van der Waals surface area contributed by atoms with Gasteiger partial charge in [-0.15, -0.1) is 0 Å². The molecule has 0 saturated carbocycles. The average molecular weight is 375 g/mol. The topological polar surface area (TPSA) is 66.5 Å². The number of rotatable bonds is 6. The van der Waals surface area contributed by atoms with Gasteiger partial charge in [0, 0.05) is 18.7 Å². The molecule has 2 rings (SSSR count). The molecular weight excluding hydrogens is 348 g/mol. The van der Waals surface area contributed by atoms with Crippen LogP contribution in [0.5, 0.6) is 0 Å². The molecule has 0 fully saturated rings. The summed E-state index contributed by atoms with van der Waals surface area (Å²) in [7, 11) is -3.50. The first-order valence-electron chi connectivity index (χ1n) is 8.50. The van der Waals surface area contributed by atoms with Gasteiger partial charge < -0.3 is 5.32 Å². The summed E-state index contributed by atoms with van der Waals surface area (Å²) >= 11 is 0. The van der Waals surface area contributed by atoms with Gasteiger partial charge in [0.15, 0.2) is 0 Å². The number of anilines is 2. The van der Waals surface area contributed by atoms with Crippen LogP contribution in [-0.4, -0.2) is 27.1 Å². The summed E-state index contributed by atoms with van der Waals surface area (Å²) in [5.41, 5.74) is 5.20. The Bertz CT molecular complexity index is 897. The van der Waals surface area contributed by atoms with Crippen molar-refractivity contribution < 1.29 is 13.2 Å². The van der Waals surface area contributed by atoms with E-state index >= 15 is 0 Å². The fourth-order valence-corrected chi connectivity index (χ4v) is 4.18. The molecule has 0 heterocycles. The normalized spacial score (nSPS) is 11.3. The van der Waals surface area contributed by atoms with Crippen LogP contribution in [0.3, 0.4) is 0 Å². The monoisotopic (exact) mass is 374 g/mol.